The van der Waals surface area contributed by atoms with Gasteiger partial charge >= 0.3 is 0 Å². The number of nitrogens with zero attached hydrogens (tertiary/aromatic N) is 5. The largest absolute Gasteiger partial charge is 0.420 e. The van der Waals surface area contributed by atoms with E-state index >= 15 is 0 Å². The van der Waals surface area contributed by atoms with E-state index in [1.54, 1.807) is 30.3 Å². The molecule has 0 aliphatic heterocycles. The molecule has 30 heavy (non-hydrogen) atoms. The van der Waals surface area contributed by atoms with Crippen molar-refractivity contribution in [3.8, 4) is 22.8 Å². The van der Waals surface area contributed by atoms with Crippen molar-refractivity contribution in [3.63, 3.8) is 0 Å². The van der Waals surface area contributed by atoms with Crippen LogP contribution in [-0.2, 0) is 12.3 Å². The molecule has 2 aromatic heterocycles. The van der Waals surface area contributed by atoms with Crippen LogP contribution in [0.2, 0.25) is 5.02 Å². The molecule has 0 bridgehead atoms. The quantitative estimate of drug-likeness (QED) is 0.339. The molecule has 0 unspecified atom stereocenters. The van der Waals surface area contributed by atoms with Crippen molar-refractivity contribution in [2.45, 2.75) is 31.3 Å². The highest BCUT2D eigenvalue weighted by molar-refractivity contribution is 7.98. The van der Waals surface area contributed by atoms with Gasteiger partial charge in [0.1, 0.15) is 5.82 Å². The number of rotatable bonds is 7. The third-order valence-corrected chi connectivity index (χ3v) is 5.47. The van der Waals surface area contributed by atoms with Gasteiger partial charge in [0, 0.05) is 17.1 Å². The van der Waals surface area contributed by atoms with Gasteiger partial charge in [-0.05, 0) is 42.3 Å². The molecule has 0 saturated carbocycles. The molecule has 0 fully saturated rings. The fraction of sp³-hybridized carbons (Fsp3) is 0.238. The molecule has 2 aromatic carbocycles. The van der Waals surface area contributed by atoms with Gasteiger partial charge in [0.15, 0.2) is 11.0 Å². The lowest BCUT2D eigenvalue weighted by atomic mass is 10.2. The number of hydrogen-bond acceptors (Lipinski definition) is 6. The summed E-state index contributed by atoms with van der Waals surface area (Å²) in [7, 11) is 0. The van der Waals surface area contributed by atoms with Crippen molar-refractivity contribution >= 4 is 23.4 Å². The minimum atomic E-state index is -0.323. The van der Waals surface area contributed by atoms with Crippen LogP contribution >= 0.6 is 23.4 Å². The van der Waals surface area contributed by atoms with Crippen molar-refractivity contribution in [2.75, 3.05) is 0 Å². The number of halogens is 2. The van der Waals surface area contributed by atoms with Crippen LogP contribution in [0, 0.1) is 11.7 Å². The molecule has 0 spiro atoms. The van der Waals surface area contributed by atoms with Gasteiger partial charge in [-0.15, -0.1) is 20.4 Å². The second kappa shape index (κ2) is 8.97. The summed E-state index contributed by atoms with van der Waals surface area (Å²) in [5.74, 6) is 1.85. The fourth-order valence-corrected chi connectivity index (χ4v) is 3.82. The first-order valence-corrected chi connectivity index (χ1v) is 10.8. The summed E-state index contributed by atoms with van der Waals surface area (Å²) in [6, 6.07) is 13.8. The van der Waals surface area contributed by atoms with Crippen molar-refractivity contribution in [2.24, 2.45) is 5.92 Å². The summed E-state index contributed by atoms with van der Waals surface area (Å²) < 4.78 is 22.0. The first-order chi connectivity index (χ1) is 14.5. The standard InChI is InChI=1S/C21H19ClFN5OS/c1-13(2)11-28-19(16-5-3-4-6-17(16)23)25-27-21(28)30-12-18-24-26-20(29-18)14-7-9-15(22)10-8-14/h3-10,13H,11-12H2,1-2H3. The predicted octanol–water partition coefficient (Wildman–Crippen LogP) is 5.74. The average molecular weight is 444 g/mol. The average Bonchev–Trinajstić information content (AvgIpc) is 3.34. The Morgan fingerprint density at radius 1 is 1.03 bits per heavy atom. The number of thioether (sulfide) groups is 1. The van der Waals surface area contributed by atoms with Gasteiger partial charge in [-0.2, -0.15) is 0 Å². The van der Waals surface area contributed by atoms with Crippen molar-refractivity contribution in [1.29, 1.82) is 0 Å². The summed E-state index contributed by atoms with van der Waals surface area (Å²) >= 11 is 7.34. The molecular formula is C21H19ClFN5OS. The minimum absolute atomic E-state index is 0.323. The highest BCUT2D eigenvalue weighted by Crippen LogP contribution is 2.29. The van der Waals surface area contributed by atoms with Crippen LogP contribution in [0.3, 0.4) is 0 Å². The molecular weight excluding hydrogens is 425 g/mol. The second-order valence-electron chi connectivity index (χ2n) is 7.09. The van der Waals surface area contributed by atoms with Crippen molar-refractivity contribution in [3.05, 3.63) is 65.3 Å². The van der Waals surface area contributed by atoms with Gasteiger partial charge < -0.3 is 8.98 Å². The first-order valence-electron chi connectivity index (χ1n) is 9.40. The Hall–Kier alpha value is -2.71. The molecule has 0 amide bonds. The summed E-state index contributed by atoms with van der Waals surface area (Å²) in [4.78, 5) is 0. The number of benzene rings is 2. The van der Waals surface area contributed by atoms with Crippen LogP contribution in [0.15, 0.2) is 58.1 Å². The molecule has 4 aromatic rings. The van der Waals surface area contributed by atoms with E-state index in [4.69, 9.17) is 16.0 Å². The zero-order valence-electron chi connectivity index (χ0n) is 16.4. The Labute approximate surface area is 182 Å². The maximum Gasteiger partial charge on any atom is 0.247 e. The Morgan fingerprint density at radius 2 is 1.80 bits per heavy atom. The molecule has 4 rings (SSSR count). The maximum absolute atomic E-state index is 14.3. The van der Waals surface area contributed by atoms with Gasteiger partial charge in [0.2, 0.25) is 11.8 Å². The first kappa shape index (κ1) is 20.6. The molecule has 0 saturated heterocycles. The lowest BCUT2D eigenvalue weighted by Gasteiger charge is -2.12. The topological polar surface area (TPSA) is 69.6 Å². The Balaban J connectivity index is 1.55. The molecule has 0 N–H and O–H groups in total. The second-order valence-corrected chi connectivity index (χ2v) is 8.47. The molecule has 9 heteroatoms. The van der Waals surface area contributed by atoms with Crippen LogP contribution < -0.4 is 0 Å². The smallest absolute Gasteiger partial charge is 0.247 e. The molecule has 0 aliphatic rings. The summed E-state index contributed by atoms with van der Waals surface area (Å²) in [5.41, 5.74) is 1.23. The van der Waals surface area contributed by atoms with E-state index in [9.17, 15) is 4.39 Å². The van der Waals surface area contributed by atoms with E-state index in [0.29, 0.717) is 51.6 Å². The van der Waals surface area contributed by atoms with Crippen molar-refractivity contribution < 1.29 is 8.81 Å². The van der Waals surface area contributed by atoms with E-state index in [2.05, 4.69) is 34.2 Å². The Morgan fingerprint density at radius 3 is 2.53 bits per heavy atom. The number of hydrogen-bond donors (Lipinski definition) is 0. The van der Waals surface area contributed by atoms with Crippen LogP contribution in [-0.4, -0.2) is 25.0 Å². The zero-order chi connectivity index (χ0) is 21.1. The minimum Gasteiger partial charge on any atom is -0.420 e. The van der Waals surface area contributed by atoms with Gasteiger partial charge in [-0.25, -0.2) is 4.39 Å². The highest BCUT2D eigenvalue weighted by atomic mass is 35.5. The van der Waals surface area contributed by atoms with E-state index in [1.807, 2.05) is 16.7 Å². The molecule has 154 valence electrons. The molecule has 0 atom stereocenters. The van der Waals surface area contributed by atoms with Gasteiger partial charge in [0.25, 0.3) is 0 Å². The predicted molar refractivity (Wildman–Crippen MR) is 115 cm³/mol. The Kier molecular flexibility index (Phi) is 6.15. The molecule has 0 aliphatic carbocycles. The van der Waals surface area contributed by atoms with Gasteiger partial charge in [-0.1, -0.05) is 49.3 Å². The third-order valence-electron chi connectivity index (χ3n) is 4.26. The van der Waals surface area contributed by atoms with E-state index in [0.717, 1.165) is 5.56 Å². The van der Waals surface area contributed by atoms with Crippen LogP contribution in [0.1, 0.15) is 19.7 Å². The summed E-state index contributed by atoms with van der Waals surface area (Å²) in [5, 5.41) is 18.1. The Bertz CT molecular complexity index is 1140. The van der Waals surface area contributed by atoms with E-state index < -0.39 is 0 Å². The molecule has 0 radical (unpaired) electrons. The van der Waals surface area contributed by atoms with E-state index in [-0.39, 0.29) is 5.82 Å². The molecule has 2 heterocycles. The normalized spacial score (nSPS) is 11.4. The number of aromatic nitrogens is 5. The molecule has 6 nitrogen and oxygen atoms in total. The summed E-state index contributed by atoms with van der Waals surface area (Å²) in [6.45, 7) is 4.85. The third kappa shape index (κ3) is 4.55. The SMILES string of the molecule is CC(C)Cn1c(SCc2nnc(-c3ccc(Cl)cc3)o2)nnc1-c1ccccc1F. The summed E-state index contributed by atoms with van der Waals surface area (Å²) in [6.07, 6.45) is 0. The van der Waals surface area contributed by atoms with Gasteiger partial charge in [0.05, 0.1) is 11.3 Å². The van der Waals surface area contributed by atoms with Crippen LogP contribution in [0.25, 0.3) is 22.8 Å². The lowest BCUT2D eigenvalue weighted by Crippen LogP contribution is -2.08. The highest BCUT2D eigenvalue weighted by Gasteiger charge is 2.19. The van der Waals surface area contributed by atoms with Gasteiger partial charge in [-0.3, -0.25) is 0 Å². The van der Waals surface area contributed by atoms with Crippen LogP contribution in [0.5, 0.6) is 0 Å². The monoisotopic (exact) mass is 443 g/mol. The van der Waals surface area contributed by atoms with Crippen molar-refractivity contribution in [1.82, 2.24) is 25.0 Å². The lowest BCUT2D eigenvalue weighted by molar-refractivity contribution is 0.495. The maximum atomic E-state index is 14.3. The fourth-order valence-electron chi connectivity index (χ4n) is 2.91. The zero-order valence-corrected chi connectivity index (χ0v) is 18.0. The van der Waals surface area contributed by atoms with Crippen LogP contribution in [0.4, 0.5) is 4.39 Å². The van der Waals surface area contributed by atoms with E-state index in [1.165, 1.54) is 17.8 Å².